The number of nitrogens with zero attached hydrogens (tertiary/aromatic N) is 2. The molecular formula is C22H25N5O4S. The molecule has 1 saturated carbocycles. The number of anilines is 2. The average molecular weight is 456 g/mol. The van der Waals surface area contributed by atoms with Crippen LogP contribution in [-0.4, -0.2) is 50.0 Å². The van der Waals surface area contributed by atoms with Crippen LogP contribution in [0.1, 0.15) is 19.8 Å². The van der Waals surface area contributed by atoms with E-state index in [1.54, 1.807) is 42.5 Å². The van der Waals surface area contributed by atoms with E-state index in [1.807, 2.05) is 0 Å². The molecule has 2 aliphatic rings. The SMILES string of the molecule is CC1CN(c2ccc(S(=O)(=O)Oc3ccc4nc(NC(=O)C5CC5)[nH]c4c3)cc2)CCN1. The van der Waals surface area contributed by atoms with Gasteiger partial charge in [0.1, 0.15) is 10.6 Å². The Morgan fingerprint density at radius 3 is 2.69 bits per heavy atom. The van der Waals surface area contributed by atoms with Crippen molar-refractivity contribution in [2.24, 2.45) is 5.92 Å². The van der Waals surface area contributed by atoms with E-state index in [9.17, 15) is 13.2 Å². The lowest BCUT2D eigenvalue weighted by molar-refractivity contribution is -0.117. The lowest BCUT2D eigenvalue weighted by Crippen LogP contribution is -2.49. The molecule has 0 spiro atoms. The molecule has 2 aromatic carbocycles. The van der Waals surface area contributed by atoms with Gasteiger partial charge in [-0.2, -0.15) is 8.42 Å². The molecule has 1 aliphatic heterocycles. The van der Waals surface area contributed by atoms with E-state index in [0.29, 0.717) is 23.0 Å². The highest BCUT2D eigenvalue weighted by Gasteiger charge is 2.30. The zero-order chi connectivity index (χ0) is 22.3. The van der Waals surface area contributed by atoms with Crippen LogP contribution in [0.2, 0.25) is 0 Å². The van der Waals surface area contributed by atoms with Gasteiger partial charge in [0, 0.05) is 43.3 Å². The molecule has 2 heterocycles. The maximum atomic E-state index is 12.8. The number of rotatable bonds is 6. The van der Waals surface area contributed by atoms with Crippen LogP contribution in [0, 0.1) is 5.92 Å². The Balaban J connectivity index is 1.30. The number of piperazine rings is 1. The molecule has 168 valence electrons. The van der Waals surface area contributed by atoms with Gasteiger partial charge in [-0.1, -0.05) is 0 Å². The van der Waals surface area contributed by atoms with Crippen molar-refractivity contribution >= 4 is 38.7 Å². The Morgan fingerprint density at radius 1 is 1.19 bits per heavy atom. The summed E-state index contributed by atoms with van der Waals surface area (Å²) in [5.74, 6) is 0.520. The van der Waals surface area contributed by atoms with Crippen LogP contribution < -0.4 is 19.7 Å². The minimum Gasteiger partial charge on any atom is -0.379 e. The van der Waals surface area contributed by atoms with E-state index in [1.165, 1.54) is 0 Å². The third-order valence-corrected chi connectivity index (χ3v) is 6.97. The van der Waals surface area contributed by atoms with Crippen molar-refractivity contribution in [3.63, 3.8) is 0 Å². The quantitative estimate of drug-likeness (QED) is 0.489. The van der Waals surface area contributed by atoms with Crippen molar-refractivity contribution in [2.75, 3.05) is 29.9 Å². The summed E-state index contributed by atoms with van der Waals surface area (Å²) in [7, 11) is -3.99. The Hall–Kier alpha value is -3.11. The van der Waals surface area contributed by atoms with Gasteiger partial charge < -0.3 is 19.4 Å². The first-order chi connectivity index (χ1) is 15.4. The summed E-state index contributed by atoms with van der Waals surface area (Å²) in [5.41, 5.74) is 2.17. The predicted molar refractivity (Wildman–Crippen MR) is 121 cm³/mol. The molecule has 1 aliphatic carbocycles. The van der Waals surface area contributed by atoms with Crippen LogP contribution in [0.25, 0.3) is 11.0 Å². The Bertz CT molecular complexity index is 1250. The van der Waals surface area contributed by atoms with E-state index in [2.05, 4.69) is 32.4 Å². The van der Waals surface area contributed by atoms with Crippen molar-refractivity contribution in [1.29, 1.82) is 0 Å². The fraction of sp³-hybridized carbons (Fsp3) is 0.364. The van der Waals surface area contributed by atoms with Gasteiger partial charge in [-0.15, -0.1) is 0 Å². The van der Waals surface area contributed by atoms with Gasteiger partial charge >= 0.3 is 10.1 Å². The van der Waals surface area contributed by atoms with E-state index >= 15 is 0 Å². The summed E-state index contributed by atoms with van der Waals surface area (Å²) in [5, 5.41) is 6.14. The molecule has 1 atom stereocenters. The first-order valence-corrected chi connectivity index (χ1v) is 12.1. The first-order valence-electron chi connectivity index (χ1n) is 10.7. The number of H-pyrrole nitrogens is 1. The molecule has 32 heavy (non-hydrogen) atoms. The number of carbonyl (C=O) groups excluding carboxylic acids is 1. The summed E-state index contributed by atoms with van der Waals surface area (Å²) in [6.07, 6.45) is 1.80. The molecule has 1 amide bonds. The van der Waals surface area contributed by atoms with Gasteiger partial charge in [0.25, 0.3) is 0 Å². The van der Waals surface area contributed by atoms with Gasteiger partial charge in [0.2, 0.25) is 11.9 Å². The van der Waals surface area contributed by atoms with Crippen LogP contribution in [0.5, 0.6) is 5.75 Å². The van der Waals surface area contributed by atoms with Gasteiger partial charge in [-0.3, -0.25) is 10.1 Å². The molecule has 1 saturated heterocycles. The largest absolute Gasteiger partial charge is 0.379 e. The second-order valence-electron chi connectivity index (χ2n) is 8.36. The summed E-state index contributed by atoms with van der Waals surface area (Å²) in [4.78, 5) is 21.5. The molecule has 0 radical (unpaired) electrons. The van der Waals surface area contributed by atoms with Crippen molar-refractivity contribution in [3.8, 4) is 5.75 Å². The molecule has 1 unspecified atom stereocenters. The molecule has 5 rings (SSSR count). The Labute approximate surface area is 186 Å². The topological polar surface area (TPSA) is 116 Å². The standard InChI is InChI=1S/C22H25N5O4S/c1-14-13-27(11-10-23-14)16-4-7-18(8-5-16)32(29,30)31-17-6-9-19-20(12-17)25-22(24-19)26-21(28)15-2-3-15/h4-9,12,14-15,23H,2-3,10-11,13H2,1H3,(H2,24,25,26,28). The van der Waals surface area contributed by atoms with Crippen molar-refractivity contribution in [2.45, 2.75) is 30.7 Å². The van der Waals surface area contributed by atoms with E-state index in [4.69, 9.17) is 4.18 Å². The Kier molecular flexibility index (Phi) is 5.26. The van der Waals surface area contributed by atoms with Crippen LogP contribution in [0.4, 0.5) is 11.6 Å². The Morgan fingerprint density at radius 2 is 1.97 bits per heavy atom. The number of hydrogen-bond acceptors (Lipinski definition) is 7. The maximum Gasteiger partial charge on any atom is 0.339 e. The van der Waals surface area contributed by atoms with E-state index in [-0.39, 0.29) is 22.5 Å². The summed E-state index contributed by atoms with van der Waals surface area (Å²) < 4.78 is 30.9. The normalized spacial score (nSPS) is 19.2. The van der Waals surface area contributed by atoms with Crippen molar-refractivity contribution in [3.05, 3.63) is 42.5 Å². The van der Waals surface area contributed by atoms with Gasteiger partial charge in [0.05, 0.1) is 11.0 Å². The smallest absolute Gasteiger partial charge is 0.339 e. The summed E-state index contributed by atoms with van der Waals surface area (Å²) in [6, 6.07) is 11.9. The highest BCUT2D eigenvalue weighted by atomic mass is 32.2. The number of amides is 1. The lowest BCUT2D eigenvalue weighted by atomic mass is 10.2. The number of aromatic amines is 1. The molecule has 2 fully saturated rings. The lowest BCUT2D eigenvalue weighted by Gasteiger charge is -2.33. The average Bonchev–Trinajstić information content (AvgIpc) is 3.54. The minimum absolute atomic E-state index is 0.0539. The maximum absolute atomic E-state index is 12.8. The first kappa shape index (κ1) is 20.8. The number of fused-ring (bicyclic) bond motifs is 1. The second-order valence-corrected chi connectivity index (χ2v) is 9.91. The zero-order valence-corrected chi connectivity index (χ0v) is 18.5. The molecule has 1 aromatic heterocycles. The third-order valence-electron chi connectivity index (χ3n) is 5.71. The summed E-state index contributed by atoms with van der Waals surface area (Å²) >= 11 is 0. The number of nitrogens with one attached hydrogen (secondary N) is 3. The number of imidazole rings is 1. The molecule has 0 bridgehead atoms. The van der Waals surface area contributed by atoms with Crippen LogP contribution in [0.3, 0.4) is 0 Å². The minimum atomic E-state index is -3.99. The molecule has 9 nitrogen and oxygen atoms in total. The fourth-order valence-electron chi connectivity index (χ4n) is 3.83. The highest BCUT2D eigenvalue weighted by Crippen LogP contribution is 2.30. The van der Waals surface area contributed by atoms with Gasteiger partial charge in [-0.25, -0.2) is 4.98 Å². The van der Waals surface area contributed by atoms with Gasteiger partial charge in [-0.05, 0) is 56.2 Å². The number of carbonyl (C=O) groups is 1. The fourth-order valence-corrected chi connectivity index (χ4v) is 4.75. The highest BCUT2D eigenvalue weighted by molar-refractivity contribution is 7.87. The van der Waals surface area contributed by atoms with Crippen molar-refractivity contribution in [1.82, 2.24) is 15.3 Å². The number of benzene rings is 2. The van der Waals surface area contributed by atoms with Gasteiger partial charge in [0.15, 0.2) is 0 Å². The number of aromatic nitrogens is 2. The monoisotopic (exact) mass is 455 g/mol. The molecule has 3 aromatic rings. The third kappa shape index (κ3) is 4.42. The van der Waals surface area contributed by atoms with E-state index in [0.717, 1.165) is 38.2 Å². The van der Waals surface area contributed by atoms with E-state index < -0.39 is 10.1 Å². The molecule has 3 N–H and O–H groups in total. The van der Waals surface area contributed by atoms with Crippen molar-refractivity contribution < 1.29 is 17.4 Å². The zero-order valence-electron chi connectivity index (χ0n) is 17.7. The number of hydrogen-bond donors (Lipinski definition) is 3. The van der Waals surface area contributed by atoms with Crippen LogP contribution >= 0.6 is 0 Å². The predicted octanol–water partition coefficient (Wildman–Crippen LogP) is 2.48. The second kappa shape index (κ2) is 8.10. The molecule has 10 heteroatoms. The summed E-state index contributed by atoms with van der Waals surface area (Å²) in [6.45, 7) is 4.77. The van der Waals surface area contributed by atoms with Crippen LogP contribution in [0.15, 0.2) is 47.4 Å². The molecular weight excluding hydrogens is 430 g/mol. The van der Waals surface area contributed by atoms with Crippen LogP contribution in [-0.2, 0) is 14.9 Å².